The van der Waals surface area contributed by atoms with Crippen LogP contribution in [0.15, 0.2) is 437 Å². The molecule has 0 bridgehead atoms. The van der Waals surface area contributed by atoms with Gasteiger partial charge in [-0.05, 0) is 0 Å². The molecule has 24 aromatic rings. The molecule has 0 spiro atoms. The van der Waals surface area contributed by atoms with Crippen molar-refractivity contribution in [1.82, 2.24) is 0 Å². The molecule has 22 aromatic carbocycles. The molecule has 0 aliphatic rings. The van der Waals surface area contributed by atoms with Crippen LogP contribution in [0.1, 0.15) is 6.85 Å². The molecule has 0 saturated heterocycles. The normalized spacial score (nSPS) is 12.3. The summed E-state index contributed by atoms with van der Waals surface area (Å²) in [5, 5.41) is 24.0. The van der Waals surface area contributed by atoms with E-state index < -0.39 is 6.04 Å². The van der Waals surface area contributed by atoms with E-state index in [0.29, 0.717) is 5.56 Å². The maximum absolute atomic E-state index is 9.00. The Balaban J connectivity index is 0.000000143. The molecule has 0 nitrogen and oxygen atoms in total. The molecule has 0 radical (unpaired) electrons. The van der Waals surface area contributed by atoms with E-state index in [9.17, 15) is 0 Å². The molecule has 0 aliphatic heterocycles. The minimum Gasteiger partial charge on any atom is -0.0617 e. The Hall–Kier alpha value is -14.0. The molecule has 548 valence electrons. The molecule has 24 rings (SSSR count). The van der Waals surface area contributed by atoms with E-state index in [0.717, 1.165) is 32.7 Å². The van der Waals surface area contributed by atoms with E-state index in [2.05, 4.69) is 370 Å². The Morgan fingerprint density at radius 2 is 0.373 bits per heavy atom. The fourth-order valence-electron chi connectivity index (χ4n) is 19.3. The van der Waals surface area contributed by atoms with Crippen LogP contribution >= 0.6 is 0 Å². The van der Waals surface area contributed by atoms with E-state index in [1.54, 1.807) is 0 Å². The van der Waals surface area contributed by atoms with Crippen LogP contribution in [-0.4, -0.2) is 29.0 Å². The first-order chi connectivity index (χ1) is 60.7. The molecule has 0 saturated carbocycles. The monoisotopic (exact) mass is 1630 g/mol. The van der Waals surface area contributed by atoms with Crippen molar-refractivity contribution in [3.63, 3.8) is 0 Å². The molecule has 0 N–H and O–H groups in total. The van der Waals surface area contributed by atoms with E-state index in [1.807, 2.05) is 36.4 Å². The van der Waals surface area contributed by atoms with Gasteiger partial charge in [-0.25, -0.2) is 0 Å². The molecule has 118 heavy (non-hydrogen) atoms. The number of rotatable bonds is 10. The molecule has 2 aromatic heterocycles. The zero-order chi connectivity index (χ0) is 82.1. The fourth-order valence-corrected chi connectivity index (χ4v) is 24.6. The number of hydrogen-bond acceptors (Lipinski definition) is 0. The van der Waals surface area contributed by atoms with Crippen molar-refractivity contribution in [2.24, 2.45) is 0 Å². The summed E-state index contributed by atoms with van der Waals surface area (Å²) < 4.78 is 49.0. The van der Waals surface area contributed by atoms with Crippen LogP contribution in [0.4, 0.5) is 0 Å². The van der Waals surface area contributed by atoms with Gasteiger partial charge in [-0.15, -0.1) is 0 Å². The Labute approximate surface area is 703 Å². The second-order valence-electron chi connectivity index (χ2n) is 30.6. The van der Waals surface area contributed by atoms with Gasteiger partial charge in [-0.1, -0.05) is 36.4 Å². The van der Waals surface area contributed by atoms with Crippen molar-refractivity contribution >= 4 is 154 Å². The minimum absolute atomic E-state index is 0.0103. The van der Waals surface area contributed by atoms with Gasteiger partial charge in [0.05, 0.1) is 0 Å². The third kappa shape index (κ3) is 11.4. The van der Waals surface area contributed by atoms with Crippen LogP contribution in [0.2, 0.25) is 0 Å². The molecule has 0 atom stereocenters. The SMILES string of the molecule is [2H]c1c([2H])c([2H])c(-c2c3ccccc3c(-c3cccc4[se]c5c(-c6c7ccccc7c(-c7ccccc7)c7ccccc67)cccc5c34)c3ccccc23)c([2H])c1[2H].c1ccc(-c2cc(-c3ccccc3)cc(-c3c4ccccc4c(-c4cccc5[se]c6c(-c7c8ccccc8c(-c8ccccc8)c8ccccc78)cccc6c45)c4ccccc34)c2)cc1. The second kappa shape index (κ2) is 29.0. The van der Waals surface area contributed by atoms with Crippen molar-refractivity contribution in [1.29, 1.82) is 0 Å². The van der Waals surface area contributed by atoms with Crippen LogP contribution in [-0.2, 0) is 0 Å². The summed E-state index contributed by atoms with van der Waals surface area (Å²) in [5.74, 6) is 0. The molecule has 0 aliphatic carbocycles. The minimum atomic E-state index is -0.392. The van der Waals surface area contributed by atoms with Crippen LogP contribution in [0.3, 0.4) is 0 Å². The van der Waals surface area contributed by atoms with Gasteiger partial charge in [0.25, 0.3) is 0 Å². The predicted octanol–water partition coefficient (Wildman–Crippen LogP) is 32.0. The summed E-state index contributed by atoms with van der Waals surface area (Å²) in [7, 11) is 0. The summed E-state index contributed by atoms with van der Waals surface area (Å²) in [5.41, 5.74) is 23.2. The number of benzene rings is 22. The van der Waals surface area contributed by atoms with Crippen LogP contribution in [0.5, 0.6) is 0 Å². The van der Waals surface area contributed by atoms with Crippen molar-refractivity contribution in [2.75, 3.05) is 0 Å². The van der Waals surface area contributed by atoms with Gasteiger partial charge >= 0.3 is 672 Å². The smallest absolute Gasteiger partial charge is 0.0617 e. The zero-order valence-electron chi connectivity index (χ0n) is 69.0. The average Bonchev–Trinajstić information content (AvgIpc) is 1.69. The Morgan fingerprint density at radius 3 is 0.678 bits per heavy atom. The molecule has 0 fully saturated rings. The molecule has 0 amide bonds. The van der Waals surface area contributed by atoms with Crippen LogP contribution in [0, 0.1) is 0 Å². The summed E-state index contributed by atoms with van der Waals surface area (Å²) in [4.78, 5) is 0. The topological polar surface area (TPSA) is 0 Å². The third-order valence-corrected chi connectivity index (χ3v) is 29.2. The molecule has 2 heterocycles. The van der Waals surface area contributed by atoms with Crippen LogP contribution in [0.25, 0.3) is 236 Å². The Kier molecular flexibility index (Phi) is 15.8. The first-order valence-electron chi connectivity index (χ1n) is 42.8. The number of hydrogen-bond donors (Lipinski definition) is 0. The van der Waals surface area contributed by atoms with Crippen molar-refractivity contribution < 1.29 is 6.85 Å². The van der Waals surface area contributed by atoms with Crippen molar-refractivity contribution in [3.05, 3.63) is 437 Å². The first-order valence-corrected chi connectivity index (χ1v) is 43.7. The summed E-state index contributed by atoms with van der Waals surface area (Å²) in [6.45, 7) is 0. The van der Waals surface area contributed by atoms with Gasteiger partial charge in [0.15, 0.2) is 0 Å². The third-order valence-electron chi connectivity index (χ3n) is 24.2. The predicted molar refractivity (Wildman–Crippen MR) is 511 cm³/mol. The van der Waals surface area contributed by atoms with Gasteiger partial charge in [-0.3, -0.25) is 0 Å². The van der Waals surface area contributed by atoms with E-state index in [-0.39, 0.29) is 58.7 Å². The number of fused-ring (bicyclic) bond motifs is 14. The summed E-state index contributed by atoms with van der Waals surface area (Å²) in [6, 6.07) is 147. The summed E-state index contributed by atoms with van der Waals surface area (Å²) >= 11 is 0.102. The molecule has 0 unspecified atom stereocenters. The maximum atomic E-state index is 9.00. The molecular weight excluding hydrogens is 1550 g/mol. The van der Waals surface area contributed by atoms with E-state index in [1.165, 1.54) is 192 Å². The van der Waals surface area contributed by atoms with Crippen molar-refractivity contribution in [3.8, 4) is 111 Å². The van der Waals surface area contributed by atoms with Crippen molar-refractivity contribution in [2.45, 2.75) is 0 Å². The van der Waals surface area contributed by atoms with Gasteiger partial charge in [-0.2, -0.15) is 0 Å². The Bertz CT molecular complexity index is 8170. The van der Waals surface area contributed by atoms with Gasteiger partial charge in [0, 0.05) is 0 Å². The van der Waals surface area contributed by atoms with Crippen LogP contribution < -0.4 is 0 Å². The standard InChI is InChI=1S/C64H40Se.C52H32Se/c1-4-20-41(21-5-1)44-38-45(42-22-6-2-7-23-42)40-46(39-44)60-49-28-12-14-30-51(49)61(52-31-15-13-29-50(52)60)55-34-19-37-58-63(55)57-36-18-35-56(64(57)65-58)62-53-32-16-10-26-47(53)59(43-24-8-3-9-25-43)48-27-11-17-33-54(48)62;1-3-17-33(18-4-1)47-35-21-7-11-25-39(35)49(40-26-12-8-22-36(40)47)43-29-16-32-46-51(43)45-31-15-30-44(52(45)53-46)50-41-27-13-9-23-37(41)48(34-19-5-2-6-20-34)38-24-10-14-28-42(38)50/h1-40H;1-32H/i;1D,3D,4D,17D,18D. The van der Waals surface area contributed by atoms with E-state index in [4.69, 9.17) is 6.85 Å². The van der Waals surface area contributed by atoms with Gasteiger partial charge < -0.3 is 0 Å². The van der Waals surface area contributed by atoms with E-state index >= 15 is 0 Å². The quantitative estimate of drug-likeness (QED) is 0.0946. The zero-order valence-corrected chi connectivity index (χ0v) is 67.4. The summed E-state index contributed by atoms with van der Waals surface area (Å²) in [6.07, 6.45) is 0. The average molecular weight is 1630 g/mol. The Morgan fingerprint density at radius 1 is 0.153 bits per heavy atom. The van der Waals surface area contributed by atoms with Gasteiger partial charge in [0.1, 0.15) is 0 Å². The molecular formula is C116H72Se2. The fraction of sp³-hybridized carbons (Fsp3) is 0. The van der Waals surface area contributed by atoms with Gasteiger partial charge in [0.2, 0.25) is 0 Å². The second-order valence-corrected chi connectivity index (χ2v) is 35.0. The molecule has 2 heteroatoms. The first kappa shape index (κ1) is 64.3.